The van der Waals surface area contributed by atoms with E-state index in [9.17, 15) is 13.2 Å². The quantitative estimate of drug-likeness (QED) is 0.425. The van der Waals surface area contributed by atoms with Gasteiger partial charge in [0.15, 0.2) is 0 Å². The Morgan fingerprint density at radius 2 is 2.20 bits per heavy atom. The molecule has 0 bridgehead atoms. The lowest BCUT2D eigenvalue weighted by Gasteiger charge is -2.23. The molecule has 25 heavy (non-hydrogen) atoms. The normalized spacial score (nSPS) is 12.1. The molecule has 136 valence electrons. The number of carbonyl (C=O) groups excluding carboxylic acids is 1. The van der Waals surface area contributed by atoms with Gasteiger partial charge in [-0.25, -0.2) is 13.9 Å². The lowest BCUT2D eigenvalue weighted by Crippen LogP contribution is -2.46. The zero-order valence-corrected chi connectivity index (χ0v) is 15.0. The summed E-state index contributed by atoms with van der Waals surface area (Å²) in [7, 11) is -3.94. The van der Waals surface area contributed by atoms with Crippen LogP contribution in [0.15, 0.2) is 43.2 Å². The highest BCUT2D eigenvalue weighted by Crippen LogP contribution is 2.13. The van der Waals surface area contributed by atoms with Crippen LogP contribution in [0.2, 0.25) is 0 Å². The molecule has 1 N–H and O–H groups in total. The van der Waals surface area contributed by atoms with Gasteiger partial charge < -0.3 is 4.74 Å². The maximum atomic E-state index is 12.1. The minimum Gasteiger partial charge on any atom is -0.452 e. The third kappa shape index (κ3) is 6.63. The molecule has 9 heteroatoms. The zero-order valence-electron chi connectivity index (χ0n) is 14.2. The fourth-order valence-electron chi connectivity index (χ4n) is 2.36. The van der Waals surface area contributed by atoms with Gasteiger partial charge in [-0.05, 0) is 26.0 Å². The van der Waals surface area contributed by atoms with Crippen molar-refractivity contribution in [1.29, 1.82) is 0 Å². The number of aromatic nitrogens is 3. The second kappa shape index (κ2) is 7.75. The number of hydrogen-bond acceptors (Lipinski definition) is 5. The van der Waals surface area contributed by atoms with Crippen LogP contribution in [0.5, 0.6) is 0 Å². The average molecular weight is 368 g/mol. The van der Waals surface area contributed by atoms with Crippen LogP contribution < -0.4 is 4.57 Å². The van der Waals surface area contributed by atoms with E-state index in [4.69, 9.17) is 9.29 Å². The van der Waals surface area contributed by atoms with Gasteiger partial charge in [-0.15, -0.1) is 0 Å². The van der Waals surface area contributed by atoms with Crippen LogP contribution in [-0.2, 0) is 27.9 Å². The summed E-state index contributed by atoms with van der Waals surface area (Å²) in [5.74, 6) is -0.717. The first-order chi connectivity index (χ1) is 11.6. The number of rotatable bonds is 8. The molecule has 0 saturated carbocycles. The van der Waals surface area contributed by atoms with Crippen molar-refractivity contribution in [3.8, 4) is 0 Å². The van der Waals surface area contributed by atoms with Crippen molar-refractivity contribution < 1.29 is 27.1 Å². The molecule has 2 aromatic heterocycles. The zero-order chi connectivity index (χ0) is 18.5. The Kier molecular flexibility index (Phi) is 5.91. The molecule has 2 rings (SSSR count). The molecule has 0 saturated heterocycles. The monoisotopic (exact) mass is 368 g/mol. The first-order valence-corrected chi connectivity index (χ1v) is 9.39. The second-order valence-corrected chi connectivity index (χ2v) is 7.93. The predicted molar refractivity (Wildman–Crippen MR) is 89.4 cm³/mol. The highest BCUT2D eigenvalue weighted by Gasteiger charge is 2.27. The maximum Gasteiger partial charge on any atom is 0.340 e. The van der Waals surface area contributed by atoms with E-state index in [-0.39, 0.29) is 5.75 Å². The molecule has 0 aliphatic rings. The van der Waals surface area contributed by atoms with Crippen molar-refractivity contribution >= 4 is 16.1 Å². The minimum atomic E-state index is -3.94. The number of hydrogen-bond donors (Lipinski definition) is 1. The number of pyridine rings is 1. The first kappa shape index (κ1) is 19.1. The number of aryl methyl sites for hydroxylation is 1. The van der Waals surface area contributed by atoms with E-state index >= 15 is 0 Å². The van der Waals surface area contributed by atoms with Gasteiger partial charge in [0.25, 0.3) is 10.1 Å². The summed E-state index contributed by atoms with van der Waals surface area (Å²) in [4.78, 5) is 16.0. The Labute approximate surface area is 146 Å². The minimum absolute atomic E-state index is 0.278. The highest BCUT2D eigenvalue weighted by atomic mass is 32.2. The van der Waals surface area contributed by atoms with Crippen LogP contribution in [0.1, 0.15) is 30.6 Å². The average Bonchev–Trinajstić information content (AvgIpc) is 2.93. The Bertz CT molecular complexity index is 815. The molecule has 0 aliphatic heterocycles. The third-order valence-electron chi connectivity index (χ3n) is 3.39. The van der Waals surface area contributed by atoms with Gasteiger partial charge in [0.2, 0.25) is 6.33 Å². The molecule has 0 aromatic carbocycles. The molecule has 2 heterocycles. The van der Waals surface area contributed by atoms with Crippen LogP contribution in [0.4, 0.5) is 0 Å². The van der Waals surface area contributed by atoms with Crippen molar-refractivity contribution in [3.05, 3.63) is 48.8 Å². The molecule has 0 fully saturated rings. The van der Waals surface area contributed by atoms with E-state index in [0.717, 1.165) is 0 Å². The van der Waals surface area contributed by atoms with Gasteiger partial charge in [0, 0.05) is 18.8 Å². The summed E-state index contributed by atoms with van der Waals surface area (Å²) in [6, 6.07) is 3.31. The summed E-state index contributed by atoms with van der Waals surface area (Å²) < 4.78 is 39.4. The molecule has 0 unspecified atom stereocenters. The maximum absolute atomic E-state index is 12.1. The molecule has 0 amide bonds. The van der Waals surface area contributed by atoms with Crippen LogP contribution in [-0.4, -0.2) is 39.8 Å². The summed E-state index contributed by atoms with van der Waals surface area (Å²) in [6.45, 7) is 4.51. The highest BCUT2D eigenvalue weighted by molar-refractivity contribution is 7.85. The Morgan fingerprint density at radius 3 is 2.84 bits per heavy atom. The lowest BCUT2D eigenvalue weighted by atomic mass is 10.1. The topological polar surface area (TPSA) is 102 Å². The van der Waals surface area contributed by atoms with Crippen molar-refractivity contribution in [3.63, 3.8) is 0 Å². The largest absolute Gasteiger partial charge is 0.452 e. The summed E-state index contributed by atoms with van der Waals surface area (Å²) in [5, 5.41) is 0. The SMILES string of the molecule is CC(C)(C[n+]1ccn(CCCS(=O)(=O)O)c1)OC(=O)c1cccnc1. The van der Waals surface area contributed by atoms with E-state index in [0.29, 0.717) is 25.1 Å². The van der Waals surface area contributed by atoms with Crippen LogP contribution in [0.25, 0.3) is 0 Å². The second-order valence-electron chi connectivity index (χ2n) is 6.35. The van der Waals surface area contributed by atoms with Crippen LogP contribution >= 0.6 is 0 Å². The number of carbonyl (C=O) groups is 1. The molecule has 2 aromatic rings. The summed E-state index contributed by atoms with van der Waals surface area (Å²) in [6.07, 6.45) is 8.76. The standard InChI is InChI=1S/C16H21N3O5S/c1-16(2,24-15(20)14-5-3-6-17-11-14)12-19-9-8-18(13-19)7-4-10-25(21,22)23/h3,5-6,8-9,11,13H,4,7,10,12H2,1-2H3/p+1. The van der Waals surface area contributed by atoms with Crippen molar-refractivity contribution in [1.82, 2.24) is 9.55 Å². The van der Waals surface area contributed by atoms with Gasteiger partial charge in [-0.1, -0.05) is 0 Å². The Morgan fingerprint density at radius 1 is 1.44 bits per heavy atom. The van der Waals surface area contributed by atoms with E-state index < -0.39 is 21.7 Å². The molecule has 0 aliphatic carbocycles. The Hall–Kier alpha value is -2.26. The van der Waals surface area contributed by atoms with E-state index in [2.05, 4.69) is 4.98 Å². The number of nitrogens with zero attached hydrogens (tertiary/aromatic N) is 3. The van der Waals surface area contributed by atoms with Gasteiger partial charge in [-0.3, -0.25) is 9.54 Å². The van der Waals surface area contributed by atoms with Crippen molar-refractivity contribution in [2.75, 3.05) is 5.75 Å². The van der Waals surface area contributed by atoms with Gasteiger partial charge >= 0.3 is 5.97 Å². The summed E-state index contributed by atoms with van der Waals surface area (Å²) >= 11 is 0. The number of ether oxygens (including phenoxy) is 1. The summed E-state index contributed by atoms with van der Waals surface area (Å²) in [5.41, 5.74) is -0.346. The Balaban J connectivity index is 1.91. The van der Waals surface area contributed by atoms with E-state index in [1.54, 1.807) is 30.9 Å². The fraction of sp³-hybridized carbons (Fsp3) is 0.438. The molecular formula is C16H22N3O5S+. The molecule has 8 nitrogen and oxygen atoms in total. The third-order valence-corrected chi connectivity index (χ3v) is 4.20. The van der Waals surface area contributed by atoms with Gasteiger partial charge in [0.05, 0.1) is 17.9 Å². The van der Waals surface area contributed by atoms with Gasteiger partial charge in [-0.2, -0.15) is 8.42 Å². The van der Waals surface area contributed by atoms with Gasteiger partial charge in [0.1, 0.15) is 24.5 Å². The van der Waals surface area contributed by atoms with E-state index in [1.807, 2.05) is 29.2 Å². The molecule has 0 spiro atoms. The van der Waals surface area contributed by atoms with E-state index in [1.165, 1.54) is 6.20 Å². The smallest absolute Gasteiger partial charge is 0.340 e. The fourth-order valence-corrected chi connectivity index (χ4v) is 2.85. The van der Waals surface area contributed by atoms with Crippen LogP contribution in [0.3, 0.4) is 0 Å². The van der Waals surface area contributed by atoms with Crippen molar-refractivity contribution in [2.24, 2.45) is 0 Å². The predicted octanol–water partition coefficient (Wildman–Crippen LogP) is 1.08. The number of imidazole rings is 1. The lowest BCUT2D eigenvalue weighted by molar-refractivity contribution is -0.708. The molecular weight excluding hydrogens is 346 g/mol. The molecule has 0 radical (unpaired) electrons. The molecule has 0 atom stereocenters. The van der Waals surface area contributed by atoms with Crippen molar-refractivity contribution in [2.45, 2.75) is 39.0 Å². The first-order valence-electron chi connectivity index (χ1n) is 7.78. The number of esters is 1. The van der Waals surface area contributed by atoms with Crippen LogP contribution in [0, 0.1) is 0 Å².